The first-order valence-electron chi connectivity index (χ1n) is 15.7. The molecule has 3 heterocycles. The third-order valence-electron chi connectivity index (χ3n) is 7.95. The van der Waals surface area contributed by atoms with E-state index in [2.05, 4.69) is 11.1 Å². The zero-order valence-corrected chi connectivity index (χ0v) is 28.8. The number of pyridine rings is 1. The molecule has 1 unspecified atom stereocenters. The summed E-state index contributed by atoms with van der Waals surface area (Å²) in [4.78, 5) is 40.9. The number of anilines is 3. The van der Waals surface area contributed by atoms with Crippen LogP contribution < -0.4 is 9.80 Å². The summed E-state index contributed by atoms with van der Waals surface area (Å²) in [6, 6.07) is 12.1. The smallest absolute Gasteiger partial charge is 0.410 e. The van der Waals surface area contributed by atoms with Gasteiger partial charge in [0.1, 0.15) is 39.6 Å². The fraction of sp³-hybridized carbons (Fsp3) is 0.400. The Hall–Kier alpha value is -4.83. The standard InChI is InChI=1S/C35H38F2N6O4S/c1-8-42(33-40-30(29(18-38)48-33)21-9-11-22(36)12-10-21)27-17-26(20(2)3)39-31-24(27)15-23(16-25(31)37)43-14-13-41(19-28(43)32(44)46-7)34(45)47-35(4,5)6/h9-12,15-17,20,28H,8,13-14,19H2,1-7H3. The summed E-state index contributed by atoms with van der Waals surface area (Å²) in [5.74, 6) is -1.58. The molecule has 0 N–H and O–H groups in total. The number of esters is 1. The van der Waals surface area contributed by atoms with Crippen LogP contribution in [0.25, 0.3) is 22.2 Å². The lowest BCUT2D eigenvalue weighted by Gasteiger charge is -2.41. The van der Waals surface area contributed by atoms with Crippen LogP contribution in [0.3, 0.4) is 0 Å². The highest BCUT2D eigenvalue weighted by molar-refractivity contribution is 7.16. The number of halogens is 2. The van der Waals surface area contributed by atoms with Crippen molar-refractivity contribution >= 4 is 50.8 Å². The quantitative estimate of drug-likeness (QED) is 0.185. The van der Waals surface area contributed by atoms with E-state index in [0.717, 1.165) is 0 Å². The number of carbonyl (C=O) groups is 2. The predicted molar refractivity (Wildman–Crippen MR) is 182 cm³/mol. The van der Waals surface area contributed by atoms with Crippen molar-refractivity contribution in [1.82, 2.24) is 14.9 Å². The third-order valence-corrected chi connectivity index (χ3v) is 8.93. The predicted octanol–water partition coefficient (Wildman–Crippen LogP) is 7.39. The van der Waals surface area contributed by atoms with Crippen molar-refractivity contribution < 1.29 is 27.8 Å². The van der Waals surface area contributed by atoms with Crippen molar-refractivity contribution in [1.29, 1.82) is 5.26 Å². The van der Waals surface area contributed by atoms with Gasteiger partial charge in [-0.2, -0.15) is 5.26 Å². The van der Waals surface area contributed by atoms with Gasteiger partial charge in [-0.1, -0.05) is 25.2 Å². The second-order valence-electron chi connectivity index (χ2n) is 12.7. The number of hydrogen-bond acceptors (Lipinski definition) is 10. The van der Waals surface area contributed by atoms with Crippen LogP contribution in [0, 0.1) is 23.0 Å². The summed E-state index contributed by atoms with van der Waals surface area (Å²) in [6.07, 6.45) is -0.549. The first-order chi connectivity index (χ1) is 22.7. The van der Waals surface area contributed by atoms with E-state index in [-0.39, 0.29) is 31.1 Å². The number of thiazole rings is 1. The summed E-state index contributed by atoms with van der Waals surface area (Å²) >= 11 is 1.18. The van der Waals surface area contributed by atoms with E-state index >= 15 is 4.39 Å². The van der Waals surface area contributed by atoms with Crippen LogP contribution >= 0.6 is 11.3 Å². The van der Waals surface area contributed by atoms with Crippen molar-refractivity contribution in [3.63, 3.8) is 0 Å². The monoisotopic (exact) mass is 676 g/mol. The fourth-order valence-corrected chi connectivity index (χ4v) is 6.55. The third kappa shape index (κ3) is 7.04. The number of amides is 1. The van der Waals surface area contributed by atoms with Gasteiger partial charge >= 0.3 is 12.1 Å². The van der Waals surface area contributed by atoms with E-state index in [1.54, 1.807) is 43.9 Å². The van der Waals surface area contributed by atoms with Crippen LogP contribution in [-0.4, -0.2) is 71.9 Å². The van der Waals surface area contributed by atoms with Gasteiger partial charge in [0.2, 0.25) is 0 Å². The van der Waals surface area contributed by atoms with Crippen molar-refractivity contribution in [2.24, 2.45) is 0 Å². The second kappa shape index (κ2) is 13.7. The van der Waals surface area contributed by atoms with Crippen molar-refractivity contribution in [2.75, 3.05) is 43.1 Å². The van der Waals surface area contributed by atoms with Gasteiger partial charge in [0, 0.05) is 42.0 Å². The molecule has 0 bridgehead atoms. The molecule has 0 spiro atoms. The van der Waals surface area contributed by atoms with Crippen LogP contribution in [0.4, 0.5) is 30.1 Å². The molecule has 1 atom stereocenters. The summed E-state index contributed by atoms with van der Waals surface area (Å²) in [5, 5.41) is 10.9. The van der Waals surface area contributed by atoms with E-state index in [1.165, 1.54) is 41.5 Å². The molecule has 1 aliphatic heterocycles. The van der Waals surface area contributed by atoms with E-state index in [0.29, 0.717) is 50.3 Å². The number of aromatic nitrogens is 2. The van der Waals surface area contributed by atoms with Crippen molar-refractivity contribution in [3.8, 4) is 17.3 Å². The first kappa shape index (κ1) is 34.5. The molecular formula is C35H38F2N6O4S. The summed E-state index contributed by atoms with van der Waals surface area (Å²) in [6.45, 7) is 12.0. The number of hydrogen-bond donors (Lipinski definition) is 0. The Morgan fingerprint density at radius 3 is 2.44 bits per heavy atom. The average Bonchev–Trinajstić information content (AvgIpc) is 3.48. The lowest BCUT2D eigenvalue weighted by atomic mass is 10.0. The van der Waals surface area contributed by atoms with Crippen LogP contribution in [0.2, 0.25) is 0 Å². The topological polar surface area (TPSA) is 112 Å². The molecule has 1 saturated heterocycles. The van der Waals surface area contributed by atoms with Gasteiger partial charge in [0.05, 0.1) is 19.3 Å². The summed E-state index contributed by atoms with van der Waals surface area (Å²) < 4.78 is 40.5. The number of nitriles is 1. The molecular weight excluding hydrogens is 638 g/mol. The molecule has 10 nitrogen and oxygen atoms in total. The molecule has 0 saturated carbocycles. The van der Waals surface area contributed by atoms with Gasteiger partial charge in [0.25, 0.3) is 0 Å². The van der Waals surface area contributed by atoms with Crippen molar-refractivity contribution in [3.05, 3.63) is 64.7 Å². The Kier molecular flexibility index (Phi) is 9.86. The first-order valence-corrected chi connectivity index (χ1v) is 16.5. The Morgan fingerprint density at radius 1 is 1.12 bits per heavy atom. The molecule has 13 heteroatoms. The lowest BCUT2D eigenvalue weighted by Crippen LogP contribution is -2.58. The van der Waals surface area contributed by atoms with E-state index < -0.39 is 35.3 Å². The van der Waals surface area contributed by atoms with Crippen LogP contribution in [0.5, 0.6) is 0 Å². The highest BCUT2D eigenvalue weighted by Crippen LogP contribution is 2.41. The maximum atomic E-state index is 16.2. The normalized spacial score (nSPS) is 15.1. The number of rotatable bonds is 7. The van der Waals surface area contributed by atoms with Gasteiger partial charge in [-0.15, -0.1) is 0 Å². The minimum absolute atomic E-state index is 0.0120. The van der Waals surface area contributed by atoms with Crippen LogP contribution in [0.15, 0.2) is 42.5 Å². The number of benzene rings is 2. The minimum atomic E-state index is -0.919. The number of fused-ring (bicyclic) bond motifs is 1. The maximum absolute atomic E-state index is 16.2. The second-order valence-corrected chi connectivity index (χ2v) is 13.7. The highest BCUT2D eigenvalue weighted by atomic mass is 32.1. The van der Waals surface area contributed by atoms with Gasteiger partial charge in [0.15, 0.2) is 10.9 Å². The molecule has 2 aromatic heterocycles. The summed E-state index contributed by atoms with van der Waals surface area (Å²) in [5.41, 5.74) is 2.16. The minimum Gasteiger partial charge on any atom is -0.467 e. The van der Waals surface area contributed by atoms with E-state index in [4.69, 9.17) is 14.5 Å². The molecule has 0 aliphatic carbocycles. The molecule has 1 amide bonds. The van der Waals surface area contributed by atoms with Gasteiger partial charge < -0.3 is 24.2 Å². The van der Waals surface area contributed by atoms with Crippen LogP contribution in [-0.2, 0) is 14.3 Å². The lowest BCUT2D eigenvalue weighted by molar-refractivity contribution is -0.143. The van der Waals surface area contributed by atoms with Gasteiger partial charge in [-0.3, -0.25) is 0 Å². The zero-order chi connectivity index (χ0) is 34.9. The molecule has 252 valence electrons. The SMILES string of the molecule is CCN(c1nc(-c2ccc(F)cc2)c(C#N)s1)c1cc(C(C)C)nc2c(F)cc(N3CCN(C(=O)OC(C)(C)C)CC3C(=O)OC)cc12. The Balaban J connectivity index is 1.62. The number of carbonyl (C=O) groups excluding carboxylic acids is 2. The summed E-state index contributed by atoms with van der Waals surface area (Å²) in [7, 11) is 1.27. The molecule has 4 aromatic rings. The molecule has 5 rings (SSSR count). The zero-order valence-electron chi connectivity index (χ0n) is 28.0. The van der Waals surface area contributed by atoms with Gasteiger partial charge in [-0.05, 0) is 76.1 Å². The largest absolute Gasteiger partial charge is 0.467 e. The number of ether oxygens (including phenoxy) is 2. The Morgan fingerprint density at radius 2 is 1.83 bits per heavy atom. The van der Waals surface area contributed by atoms with Crippen LogP contribution in [0.1, 0.15) is 58.0 Å². The average molecular weight is 677 g/mol. The molecule has 48 heavy (non-hydrogen) atoms. The number of piperazine rings is 1. The van der Waals surface area contributed by atoms with E-state index in [9.17, 15) is 19.2 Å². The molecule has 2 aromatic carbocycles. The highest BCUT2D eigenvalue weighted by Gasteiger charge is 2.37. The van der Waals surface area contributed by atoms with E-state index in [1.807, 2.05) is 31.7 Å². The fourth-order valence-electron chi connectivity index (χ4n) is 5.59. The number of methoxy groups -OCH3 is 1. The maximum Gasteiger partial charge on any atom is 0.410 e. The Labute approximate surface area is 282 Å². The molecule has 1 aliphatic rings. The Bertz CT molecular complexity index is 1880. The van der Waals surface area contributed by atoms with Crippen molar-refractivity contribution in [2.45, 2.75) is 59.1 Å². The molecule has 1 fully saturated rings. The molecule has 0 radical (unpaired) electrons. The van der Waals surface area contributed by atoms with Gasteiger partial charge in [-0.25, -0.2) is 28.3 Å². The number of nitrogens with zero attached hydrogens (tertiary/aromatic N) is 6.